The third-order valence-corrected chi connectivity index (χ3v) is 4.84. The Morgan fingerprint density at radius 1 is 1.00 bits per heavy atom. The Labute approximate surface area is 166 Å². The van der Waals surface area contributed by atoms with Gasteiger partial charge >= 0.3 is 0 Å². The minimum atomic E-state index is -0.335. The number of hydrogen-bond acceptors (Lipinski definition) is 5. The molecule has 1 unspecified atom stereocenters. The van der Waals surface area contributed by atoms with Crippen LogP contribution < -0.4 is 11.1 Å². The average molecular weight is 394 g/mol. The molecule has 2 heterocycles. The highest BCUT2D eigenvalue weighted by molar-refractivity contribution is 6.34. The molecule has 4 aromatic rings. The Balaban J connectivity index is 1.71. The molecule has 2 aromatic carbocycles. The number of rotatable bonds is 4. The van der Waals surface area contributed by atoms with Crippen LogP contribution in [0.4, 0.5) is 16.0 Å². The van der Waals surface area contributed by atoms with Crippen molar-refractivity contribution < 1.29 is 4.39 Å². The van der Waals surface area contributed by atoms with Crippen LogP contribution in [0.2, 0.25) is 5.02 Å². The summed E-state index contributed by atoms with van der Waals surface area (Å²) in [5, 5.41) is 4.70. The van der Waals surface area contributed by atoms with Gasteiger partial charge in [-0.2, -0.15) is 0 Å². The molecular formula is C21H17ClFN5. The highest BCUT2D eigenvalue weighted by Crippen LogP contribution is 2.34. The number of benzene rings is 2. The molecule has 0 fully saturated rings. The molecule has 140 valence electrons. The van der Waals surface area contributed by atoms with Crippen molar-refractivity contribution in [2.75, 3.05) is 11.1 Å². The summed E-state index contributed by atoms with van der Waals surface area (Å²) < 4.78 is 14.6. The second-order valence-corrected chi connectivity index (χ2v) is 6.84. The molecule has 28 heavy (non-hydrogen) atoms. The van der Waals surface area contributed by atoms with Crippen LogP contribution in [0.3, 0.4) is 0 Å². The molecule has 1 atom stereocenters. The SMILES string of the molecule is CC(Nc1c(Cl)cnc2ccccc12)c1cc(-c2cnc(N)nc2)ccc1F. The lowest BCUT2D eigenvalue weighted by Gasteiger charge is -2.19. The predicted octanol–water partition coefficient (Wildman–Crippen LogP) is 5.24. The van der Waals surface area contributed by atoms with Crippen molar-refractivity contribution in [1.82, 2.24) is 15.0 Å². The largest absolute Gasteiger partial charge is 0.377 e. The van der Waals surface area contributed by atoms with Crippen molar-refractivity contribution in [2.24, 2.45) is 0 Å². The molecule has 0 aliphatic heterocycles. The first-order chi connectivity index (χ1) is 13.5. The van der Waals surface area contributed by atoms with Crippen molar-refractivity contribution in [3.63, 3.8) is 0 Å². The van der Waals surface area contributed by atoms with E-state index in [2.05, 4.69) is 20.3 Å². The molecule has 4 rings (SSSR count). The zero-order valence-corrected chi connectivity index (χ0v) is 15.8. The molecule has 2 aromatic heterocycles. The minimum absolute atomic E-state index is 0.195. The summed E-state index contributed by atoms with van der Waals surface area (Å²) in [5.74, 6) is -0.116. The number of nitrogens with two attached hydrogens (primary N) is 1. The van der Waals surface area contributed by atoms with Gasteiger partial charge in [0, 0.05) is 35.1 Å². The number of nitrogen functional groups attached to an aromatic ring is 1. The van der Waals surface area contributed by atoms with Crippen molar-refractivity contribution in [3.8, 4) is 11.1 Å². The van der Waals surface area contributed by atoms with E-state index >= 15 is 0 Å². The lowest BCUT2D eigenvalue weighted by Crippen LogP contribution is -2.10. The van der Waals surface area contributed by atoms with E-state index in [0.717, 1.165) is 27.7 Å². The van der Waals surface area contributed by atoms with Crippen molar-refractivity contribution in [1.29, 1.82) is 0 Å². The third-order valence-electron chi connectivity index (χ3n) is 4.56. The summed E-state index contributed by atoms with van der Waals surface area (Å²) in [7, 11) is 0. The van der Waals surface area contributed by atoms with Crippen molar-refractivity contribution in [2.45, 2.75) is 13.0 Å². The van der Waals surface area contributed by atoms with Crippen molar-refractivity contribution in [3.05, 3.63) is 77.5 Å². The van der Waals surface area contributed by atoms with E-state index in [0.29, 0.717) is 10.6 Å². The van der Waals surface area contributed by atoms with E-state index in [-0.39, 0.29) is 17.8 Å². The Morgan fingerprint density at radius 2 is 1.75 bits per heavy atom. The molecule has 0 saturated carbocycles. The number of aromatic nitrogens is 3. The first kappa shape index (κ1) is 18.1. The molecule has 5 nitrogen and oxygen atoms in total. The van der Waals surface area contributed by atoms with Gasteiger partial charge in [-0.1, -0.05) is 35.9 Å². The zero-order valence-electron chi connectivity index (χ0n) is 15.0. The Kier molecular flexibility index (Phi) is 4.79. The van der Waals surface area contributed by atoms with Gasteiger partial charge in [0.05, 0.1) is 22.3 Å². The van der Waals surface area contributed by atoms with E-state index in [1.165, 1.54) is 6.07 Å². The smallest absolute Gasteiger partial charge is 0.219 e. The van der Waals surface area contributed by atoms with Crippen LogP contribution in [0, 0.1) is 5.82 Å². The van der Waals surface area contributed by atoms with Crippen LogP contribution in [0.15, 0.2) is 61.1 Å². The standard InChI is InChI=1S/C21H17ClFN5/c1-12(28-20-15-4-2-3-5-19(15)25-11-17(20)22)16-8-13(6-7-18(16)23)14-9-26-21(24)27-10-14/h2-12H,1H3,(H,25,28)(H2,24,26,27). The molecule has 0 spiro atoms. The molecule has 7 heteroatoms. The average Bonchev–Trinajstić information content (AvgIpc) is 2.71. The van der Waals surface area contributed by atoms with Gasteiger partial charge in [-0.25, -0.2) is 14.4 Å². The van der Waals surface area contributed by atoms with Crippen LogP contribution in [0.1, 0.15) is 18.5 Å². The van der Waals surface area contributed by atoms with E-state index in [4.69, 9.17) is 17.3 Å². The summed E-state index contributed by atoms with van der Waals surface area (Å²) in [6.07, 6.45) is 4.83. The number of nitrogens with one attached hydrogen (secondary N) is 1. The number of hydrogen-bond donors (Lipinski definition) is 2. The van der Waals surface area contributed by atoms with Gasteiger partial charge in [-0.3, -0.25) is 4.98 Å². The number of para-hydroxylation sites is 1. The van der Waals surface area contributed by atoms with Gasteiger partial charge in [0.25, 0.3) is 0 Å². The Bertz CT molecular complexity index is 1150. The van der Waals surface area contributed by atoms with Crippen LogP contribution >= 0.6 is 11.6 Å². The molecular weight excluding hydrogens is 377 g/mol. The summed E-state index contributed by atoms with van der Waals surface area (Å²) in [5.41, 5.74) is 9.15. The van der Waals surface area contributed by atoms with Crippen LogP contribution in [0.25, 0.3) is 22.0 Å². The quantitative estimate of drug-likeness (QED) is 0.495. The Morgan fingerprint density at radius 3 is 2.54 bits per heavy atom. The summed E-state index contributed by atoms with van der Waals surface area (Å²) >= 11 is 6.37. The number of halogens is 2. The molecule has 3 N–H and O–H groups in total. The maximum Gasteiger partial charge on any atom is 0.219 e. The van der Waals surface area contributed by atoms with Crippen LogP contribution in [0.5, 0.6) is 0 Å². The van der Waals surface area contributed by atoms with E-state index in [9.17, 15) is 4.39 Å². The zero-order chi connectivity index (χ0) is 19.7. The van der Waals surface area contributed by atoms with Crippen LogP contribution in [-0.2, 0) is 0 Å². The Hall–Kier alpha value is -3.25. The third kappa shape index (κ3) is 3.46. The molecule has 0 aliphatic carbocycles. The van der Waals surface area contributed by atoms with Gasteiger partial charge in [-0.05, 0) is 30.7 Å². The van der Waals surface area contributed by atoms with Crippen molar-refractivity contribution >= 4 is 34.1 Å². The topological polar surface area (TPSA) is 76.7 Å². The number of nitrogens with zero attached hydrogens (tertiary/aromatic N) is 3. The fourth-order valence-electron chi connectivity index (χ4n) is 3.10. The van der Waals surface area contributed by atoms with E-state index < -0.39 is 0 Å². The van der Waals surface area contributed by atoms with Gasteiger partial charge < -0.3 is 11.1 Å². The molecule has 0 bridgehead atoms. The highest BCUT2D eigenvalue weighted by Gasteiger charge is 2.16. The number of pyridine rings is 1. The lowest BCUT2D eigenvalue weighted by molar-refractivity contribution is 0.600. The number of fused-ring (bicyclic) bond motifs is 1. The van der Waals surface area contributed by atoms with Gasteiger partial charge in [0.15, 0.2) is 0 Å². The second-order valence-electron chi connectivity index (χ2n) is 6.43. The molecule has 0 aliphatic rings. The maximum atomic E-state index is 14.6. The molecule has 0 saturated heterocycles. The molecule has 0 radical (unpaired) electrons. The first-order valence-electron chi connectivity index (χ1n) is 8.70. The first-order valence-corrected chi connectivity index (χ1v) is 9.08. The van der Waals surface area contributed by atoms with Gasteiger partial charge in [0.1, 0.15) is 5.82 Å². The van der Waals surface area contributed by atoms with E-state index in [1.807, 2.05) is 31.2 Å². The fraction of sp³-hybridized carbons (Fsp3) is 0.0952. The maximum absolute atomic E-state index is 14.6. The molecule has 0 amide bonds. The normalized spacial score (nSPS) is 12.1. The van der Waals surface area contributed by atoms with Crippen LogP contribution in [-0.4, -0.2) is 15.0 Å². The number of anilines is 2. The predicted molar refractivity (Wildman–Crippen MR) is 111 cm³/mol. The minimum Gasteiger partial charge on any atom is -0.377 e. The summed E-state index contributed by atoms with van der Waals surface area (Å²) in [4.78, 5) is 12.3. The summed E-state index contributed by atoms with van der Waals surface area (Å²) in [6.45, 7) is 1.88. The van der Waals surface area contributed by atoms with Gasteiger partial charge in [0.2, 0.25) is 5.95 Å². The van der Waals surface area contributed by atoms with Gasteiger partial charge in [-0.15, -0.1) is 0 Å². The van der Waals surface area contributed by atoms with E-state index in [1.54, 1.807) is 30.7 Å². The lowest BCUT2D eigenvalue weighted by atomic mass is 10.0. The second kappa shape index (κ2) is 7.40. The fourth-order valence-corrected chi connectivity index (χ4v) is 3.31. The summed E-state index contributed by atoms with van der Waals surface area (Å²) in [6, 6.07) is 12.2. The highest BCUT2D eigenvalue weighted by atomic mass is 35.5. The monoisotopic (exact) mass is 393 g/mol.